The van der Waals surface area contributed by atoms with Gasteiger partial charge < -0.3 is 5.32 Å². The van der Waals surface area contributed by atoms with Crippen molar-refractivity contribution in [3.05, 3.63) is 36.5 Å². The molecule has 8 heteroatoms. The quantitative estimate of drug-likeness (QED) is 0.788. The fourth-order valence-electron chi connectivity index (χ4n) is 2.48. The van der Waals surface area contributed by atoms with E-state index in [0.29, 0.717) is 5.82 Å². The van der Waals surface area contributed by atoms with Crippen molar-refractivity contribution in [2.45, 2.75) is 13.8 Å². The highest BCUT2D eigenvalue weighted by Crippen LogP contribution is 2.26. The molecule has 2 aromatic rings. The zero-order valence-corrected chi connectivity index (χ0v) is 15.5. The third-order valence-corrected chi connectivity index (χ3v) is 5.54. The van der Waals surface area contributed by atoms with Crippen LogP contribution in [0.5, 0.6) is 0 Å². The minimum Gasteiger partial charge on any atom is -0.337 e. The number of benzene rings is 1. The zero-order chi connectivity index (χ0) is 18.4. The molecule has 7 nitrogen and oxygen atoms in total. The summed E-state index contributed by atoms with van der Waals surface area (Å²) in [7, 11) is -1.43. The van der Waals surface area contributed by atoms with Crippen LogP contribution in [0.4, 0.5) is 10.6 Å². The van der Waals surface area contributed by atoms with Gasteiger partial charge in [0.2, 0.25) is 0 Å². The molecule has 0 atom stereocenters. The number of rotatable bonds is 7. The molecule has 0 aliphatic carbocycles. The van der Waals surface area contributed by atoms with Crippen LogP contribution in [0.3, 0.4) is 0 Å². The monoisotopic (exact) mass is 364 g/mol. The second kappa shape index (κ2) is 8.15. The summed E-state index contributed by atoms with van der Waals surface area (Å²) in [5.74, 6) is 0.668. The lowest BCUT2D eigenvalue weighted by molar-refractivity contribution is 0.252. The number of urea groups is 1. The van der Waals surface area contributed by atoms with Gasteiger partial charge in [-0.25, -0.2) is 13.2 Å². The standard InChI is InChI=1S/C17H24N4O3S/c1-13(2)12-25(23,24)10-9-18-17(22)20-16-15(11-19-21(16)3)14-7-5-4-6-8-14/h4-8,11,13H,9-10,12H2,1-3H3,(H2,18,20,22). The summed E-state index contributed by atoms with van der Waals surface area (Å²) in [4.78, 5) is 12.1. The molecule has 0 bridgehead atoms. The Hall–Kier alpha value is -2.35. The summed E-state index contributed by atoms with van der Waals surface area (Å²) in [6.07, 6.45) is 1.68. The Bertz CT molecular complexity index is 814. The van der Waals surface area contributed by atoms with Crippen LogP contribution in [-0.4, -0.2) is 42.3 Å². The minimum atomic E-state index is -3.16. The Labute approximate surface area is 148 Å². The number of hydrogen-bond donors (Lipinski definition) is 2. The average molecular weight is 364 g/mol. The smallest absolute Gasteiger partial charge is 0.320 e. The van der Waals surface area contributed by atoms with Gasteiger partial charge in [0, 0.05) is 19.2 Å². The van der Waals surface area contributed by atoms with Crippen LogP contribution >= 0.6 is 0 Å². The van der Waals surface area contributed by atoms with Crippen molar-refractivity contribution in [2.24, 2.45) is 13.0 Å². The SMILES string of the molecule is CC(C)CS(=O)(=O)CCNC(=O)Nc1c(-c2ccccc2)cnn1C. The fraction of sp³-hybridized carbons (Fsp3) is 0.412. The highest BCUT2D eigenvalue weighted by atomic mass is 32.2. The molecule has 136 valence electrons. The van der Waals surface area contributed by atoms with Gasteiger partial charge in [-0.2, -0.15) is 5.10 Å². The van der Waals surface area contributed by atoms with Crippen molar-refractivity contribution in [3.63, 3.8) is 0 Å². The van der Waals surface area contributed by atoms with Crippen molar-refractivity contribution in [3.8, 4) is 11.1 Å². The lowest BCUT2D eigenvalue weighted by atomic mass is 10.1. The molecule has 0 radical (unpaired) electrons. The fourth-order valence-corrected chi connectivity index (χ4v) is 4.07. The Morgan fingerprint density at radius 1 is 1.24 bits per heavy atom. The topological polar surface area (TPSA) is 93.1 Å². The zero-order valence-electron chi connectivity index (χ0n) is 14.7. The van der Waals surface area contributed by atoms with Crippen LogP contribution in [0.1, 0.15) is 13.8 Å². The number of aryl methyl sites for hydroxylation is 1. The van der Waals surface area contributed by atoms with Crippen LogP contribution in [-0.2, 0) is 16.9 Å². The number of sulfone groups is 1. The number of hydrogen-bond acceptors (Lipinski definition) is 4. The highest BCUT2D eigenvalue weighted by molar-refractivity contribution is 7.91. The molecule has 0 spiro atoms. The molecule has 0 fully saturated rings. The molecule has 0 saturated carbocycles. The molecule has 0 aliphatic rings. The maximum absolute atomic E-state index is 12.1. The Morgan fingerprint density at radius 3 is 2.56 bits per heavy atom. The van der Waals surface area contributed by atoms with E-state index in [1.165, 1.54) is 0 Å². The summed E-state index contributed by atoms with van der Waals surface area (Å²) >= 11 is 0. The molecule has 25 heavy (non-hydrogen) atoms. The van der Waals surface area contributed by atoms with Crippen LogP contribution in [0, 0.1) is 5.92 Å². The highest BCUT2D eigenvalue weighted by Gasteiger charge is 2.15. The number of anilines is 1. The van der Waals surface area contributed by atoms with Crippen molar-refractivity contribution < 1.29 is 13.2 Å². The molecule has 1 aromatic heterocycles. The molecule has 0 aliphatic heterocycles. The third kappa shape index (κ3) is 5.60. The second-order valence-corrected chi connectivity index (χ2v) is 8.51. The lowest BCUT2D eigenvalue weighted by Crippen LogP contribution is -2.34. The van der Waals surface area contributed by atoms with Gasteiger partial charge in [-0.05, 0) is 11.5 Å². The van der Waals surface area contributed by atoms with E-state index in [1.54, 1.807) is 17.9 Å². The normalized spacial score (nSPS) is 11.5. The van der Waals surface area contributed by atoms with Crippen LogP contribution in [0.15, 0.2) is 36.5 Å². The molecular formula is C17H24N4O3S. The first-order valence-corrected chi connectivity index (χ1v) is 9.93. The van der Waals surface area contributed by atoms with Gasteiger partial charge in [0.15, 0.2) is 9.84 Å². The number of nitrogens with zero attached hydrogens (tertiary/aromatic N) is 2. The average Bonchev–Trinajstić information content (AvgIpc) is 2.87. The number of nitrogens with one attached hydrogen (secondary N) is 2. The molecule has 2 amide bonds. The van der Waals surface area contributed by atoms with Gasteiger partial charge in [-0.15, -0.1) is 0 Å². The van der Waals surface area contributed by atoms with Gasteiger partial charge in [0.05, 0.1) is 17.7 Å². The van der Waals surface area contributed by atoms with E-state index in [-0.39, 0.29) is 24.0 Å². The number of aromatic nitrogens is 2. The van der Waals surface area contributed by atoms with E-state index in [2.05, 4.69) is 15.7 Å². The molecular weight excluding hydrogens is 340 g/mol. The van der Waals surface area contributed by atoms with Gasteiger partial charge in [-0.3, -0.25) is 10.00 Å². The first-order valence-electron chi connectivity index (χ1n) is 8.11. The molecule has 0 saturated heterocycles. The summed E-state index contributed by atoms with van der Waals surface area (Å²) < 4.78 is 25.3. The molecule has 2 N–H and O–H groups in total. The molecule has 2 rings (SSSR count). The van der Waals surface area contributed by atoms with E-state index in [9.17, 15) is 13.2 Å². The van der Waals surface area contributed by atoms with Crippen molar-refractivity contribution >= 4 is 21.7 Å². The van der Waals surface area contributed by atoms with E-state index < -0.39 is 15.9 Å². The van der Waals surface area contributed by atoms with Gasteiger partial charge in [-0.1, -0.05) is 44.2 Å². The van der Waals surface area contributed by atoms with E-state index >= 15 is 0 Å². The van der Waals surface area contributed by atoms with Crippen LogP contribution in [0.25, 0.3) is 11.1 Å². The maximum Gasteiger partial charge on any atom is 0.320 e. The van der Waals surface area contributed by atoms with E-state index in [0.717, 1.165) is 11.1 Å². The molecule has 1 aromatic carbocycles. The molecule has 0 unspecified atom stereocenters. The lowest BCUT2D eigenvalue weighted by Gasteiger charge is -2.11. The third-order valence-electron chi connectivity index (χ3n) is 3.54. The van der Waals surface area contributed by atoms with Gasteiger partial charge >= 0.3 is 6.03 Å². The number of carbonyl (C=O) groups is 1. The van der Waals surface area contributed by atoms with Gasteiger partial charge in [0.25, 0.3) is 0 Å². The Morgan fingerprint density at radius 2 is 1.92 bits per heavy atom. The van der Waals surface area contributed by atoms with Crippen molar-refractivity contribution in [1.29, 1.82) is 0 Å². The first kappa shape index (κ1) is 19.0. The van der Waals surface area contributed by atoms with E-state index in [4.69, 9.17) is 0 Å². The van der Waals surface area contributed by atoms with E-state index in [1.807, 2.05) is 44.2 Å². The summed E-state index contributed by atoms with van der Waals surface area (Å²) in [6, 6.07) is 9.13. The van der Waals surface area contributed by atoms with Gasteiger partial charge in [0.1, 0.15) is 5.82 Å². The Balaban J connectivity index is 1.97. The van der Waals surface area contributed by atoms with Crippen LogP contribution < -0.4 is 10.6 Å². The summed E-state index contributed by atoms with van der Waals surface area (Å²) in [5, 5.41) is 9.50. The largest absolute Gasteiger partial charge is 0.337 e. The predicted octanol–water partition coefficient (Wildman–Crippen LogP) is 2.28. The number of carbonyl (C=O) groups excluding carboxylic acids is 1. The summed E-state index contributed by atoms with van der Waals surface area (Å²) in [6.45, 7) is 3.77. The minimum absolute atomic E-state index is 0.0689. The van der Waals surface area contributed by atoms with Crippen molar-refractivity contribution in [2.75, 3.05) is 23.4 Å². The predicted molar refractivity (Wildman–Crippen MR) is 99.2 cm³/mol. The maximum atomic E-state index is 12.1. The summed E-state index contributed by atoms with van der Waals surface area (Å²) in [5.41, 5.74) is 1.73. The first-order chi connectivity index (χ1) is 11.8. The number of amides is 2. The van der Waals surface area contributed by atoms with Crippen LogP contribution in [0.2, 0.25) is 0 Å². The Kier molecular flexibility index (Phi) is 6.19. The van der Waals surface area contributed by atoms with Crippen molar-refractivity contribution in [1.82, 2.24) is 15.1 Å². The second-order valence-electron chi connectivity index (χ2n) is 6.29. The molecule has 1 heterocycles.